The van der Waals surface area contributed by atoms with E-state index in [4.69, 9.17) is 5.11 Å². The fourth-order valence-electron chi connectivity index (χ4n) is 1.50. The van der Waals surface area contributed by atoms with Gasteiger partial charge in [-0.05, 0) is 37.4 Å². The molecule has 2 N–H and O–H groups in total. The Morgan fingerprint density at radius 1 is 1.64 bits per heavy atom. The number of aliphatic hydroxyl groups is 1. The molecule has 1 unspecified atom stereocenters. The van der Waals surface area contributed by atoms with Crippen LogP contribution in [0.15, 0.2) is 0 Å². The average Bonchev–Trinajstić information content (AvgIpc) is 2.85. The Bertz CT molecular complexity index is 204. The van der Waals surface area contributed by atoms with Gasteiger partial charge < -0.3 is 10.4 Å². The van der Waals surface area contributed by atoms with Gasteiger partial charge in [0.2, 0.25) is 5.91 Å². The Balaban J connectivity index is 2.22. The summed E-state index contributed by atoms with van der Waals surface area (Å²) in [5.74, 6) is 0.895. The lowest BCUT2D eigenvalue weighted by molar-refractivity contribution is -0.122. The predicted molar refractivity (Wildman–Crippen MR) is 59.4 cm³/mol. The summed E-state index contributed by atoms with van der Waals surface area (Å²) < 4.78 is 0. The maximum Gasteiger partial charge on any atom is 0.220 e. The van der Waals surface area contributed by atoms with Gasteiger partial charge in [0.1, 0.15) is 0 Å². The van der Waals surface area contributed by atoms with Crippen LogP contribution in [0.25, 0.3) is 0 Å². The van der Waals surface area contributed by atoms with Gasteiger partial charge in [0.25, 0.3) is 0 Å². The minimum Gasteiger partial charge on any atom is -0.396 e. The van der Waals surface area contributed by atoms with Gasteiger partial charge in [-0.1, -0.05) is 0 Å². The first kappa shape index (κ1) is 11.9. The highest BCUT2D eigenvalue weighted by Gasteiger charge is 2.42. The molecule has 0 aromatic heterocycles. The minimum absolute atomic E-state index is 0.0724. The molecule has 0 heterocycles. The van der Waals surface area contributed by atoms with Crippen molar-refractivity contribution in [1.29, 1.82) is 0 Å². The number of carbonyl (C=O) groups is 1. The zero-order valence-electron chi connectivity index (χ0n) is 8.62. The summed E-state index contributed by atoms with van der Waals surface area (Å²) in [7, 11) is 0. The van der Waals surface area contributed by atoms with E-state index in [2.05, 4.69) is 17.9 Å². The van der Waals surface area contributed by atoms with Gasteiger partial charge in [0, 0.05) is 19.1 Å². The minimum atomic E-state index is 0.0724. The van der Waals surface area contributed by atoms with Gasteiger partial charge in [-0.25, -0.2) is 0 Å². The standard InChI is InChI=1S/C10H19NO2S/c1-8(2-5-12)11-9(13)6-10(7-14)3-4-10/h8,12,14H,2-7H2,1H3,(H,11,13). The highest BCUT2D eigenvalue weighted by molar-refractivity contribution is 7.80. The molecule has 0 aromatic rings. The molecule has 1 amide bonds. The van der Waals surface area contributed by atoms with E-state index in [0.717, 1.165) is 18.6 Å². The number of carbonyl (C=O) groups excluding carboxylic acids is 1. The predicted octanol–water partition coefficient (Wildman–Crippen LogP) is 0.974. The molecule has 0 aromatic carbocycles. The Morgan fingerprint density at radius 3 is 2.71 bits per heavy atom. The van der Waals surface area contributed by atoms with Crippen LogP contribution in [-0.4, -0.2) is 29.4 Å². The normalized spacial score (nSPS) is 20.2. The summed E-state index contributed by atoms with van der Waals surface area (Å²) in [6, 6.07) is 0.0724. The van der Waals surface area contributed by atoms with Gasteiger partial charge in [-0.3, -0.25) is 4.79 Å². The van der Waals surface area contributed by atoms with Crippen molar-refractivity contribution in [3.8, 4) is 0 Å². The van der Waals surface area contributed by atoms with Crippen molar-refractivity contribution in [2.24, 2.45) is 5.41 Å². The summed E-state index contributed by atoms with van der Waals surface area (Å²) in [4.78, 5) is 11.5. The Labute approximate surface area is 90.7 Å². The van der Waals surface area contributed by atoms with Crippen LogP contribution in [0.4, 0.5) is 0 Å². The average molecular weight is 217 g/mol. The molecular formula is C10H19NO2S. The van der Waals surface area contributed by atoms with Gasteiger partial charge in [0.05, 0.1) is 0 Å². The molecule has 14 heavy (non-hydrogen) atoms. The third-order valence-corrected chi connectivity index (χ3v) is 3.47. The first-order chi connectivity index (χ1) is 6.62. The molecule has 1 aliphatic carbocycles. The summed E-state index contributed by atoms with van der Waals surface area (Å²) >= 11 is 4.25. The molecule has 4 heteroatoms. The summed E-state index contributed by atoms with van der Waals surface area (Å²) in [5, 5.41) is 11.6. The van der Waals surface area contributed by atoms with Crippen LogP contribution in [0.5, 0.6) is 0 Å². The maximum atomic E-state index is 11.5. The van der Waals surface area contributed by atoms with Crippen molar-refractivity contribution in [3.05, 3.63) is 0 Å². The van der Waals surface area contributed by atoms with E-state index in [1.165, 1.54) is 0 Å². The molecule has 1 atom stereocenters. The van der Waals surface area contributed by atoms with Crippen molar-refractivity contribution in [2.75, 3.05) is 12.4 Å². The lowest BCUT2D eigenvalue weighted by Gasteiger charge is -2.15. The number of hydrogen-bond acceptors (Lipinski definition) is 3. The van der Waals surface area contributed by atoms with Crippen molar-refractivity contribution < 1.29 is 9.90 Å². The molecule has 0 radical (unpaired) electrons. The van der Waals surface area contributed by atoms with Crippen molar-refractivity contribution in [1.82, 2.24) is 5.32 Å². The van der Waals surface area contributed by atoms with Gasteiger partial charge in [-0.15, -0.1) is 0 Å². The van der Waals surface area contributed by atoms with Crippen LogP contribution in [0, 0.1) is 5.41 Å². The maximum absolute atomic E-state index is 11.5. The van der Waals surface area contributed by atoms with Crippen LogP contribution in [0.1, 0.15) is 32.6 Å². The van der Waals surface area contributed by atoms with Crippen LogP contribution < -0.4 is 5.32 Å². The van der Waals surface area contributed by atoms with E-state index < -0.39 is 0 Å². The zero-order chi connectivity index (χ0) is 10.6. The summed E-state index contributed by atoms with van der Waals surface area (Å²) in [6.07, 6.45) is 3.46. The second-order valence-electron chi connectivity index (χ2n) is 4.32. The van der Waals surface area contributed by atoms with Crippen molar-refractivity contribution in [2.45, 2.75) is 38.6 Å². The third kappa shape index (κ3) is 3.50. The summed E-state index contributed by atoms with van der Waals surface area (Å²) in [6.45, 7) is 2.04. The monoisotopic (exact) mass is 217 g/mol. The van der Waals surface area contributed by atoms with Crippen molar-refractivity contribution in [3.63, 3.8) is 0 Å². The quantitative estimate of drug-likeness (QED) is 0.581. The number of aliphatic hydroxyl groups excluding tert-OH is 1. The van der Waals surface area contributed by atoms with Gasteiger partial charge in [0.15, 0.2) is 0 Å². The van der Waals surface area contributed by atoms with E-state index >= 15 is 0 Å². The van der Waals surface area contributed by atoms with Crippen LogP contribution >= 0.6 is 12.6 Å². The highest BCUT2D eigenvalue weighted by atomic mass is 32.1. The largest absolute Gasteiger partial charge is 0.396 e. The molecule has 1 saturated carbocycles. The number of amides is 1. The fraction of sp³-hybridized carbons (Fsp3) is 0.900. The molecular weight excluding hydrogens is 198 g/mol. The second-order valence-corrected chi connectivity index (χ2v) is 4.63. The van der Waals surface area contributed by atoms with Crippen LogP contribution in [-0.2, 0) is 4.79 Å². The van der Waals surface area contributed by atoms with E-state index in [0.29, 0.717) is 12.8 Å². The fourth-order valence-corrected chi connectivity index (χ4v) is 1.93. The van der Waals surface area contributed by atoms with E-state index in [1.54, 1.807) is 0 Å². The molecule has 3 nitrogen and oxygen atoms in total. The molecule has 0 spiro atoms. The summed E-state index contributed by atoms with van der Waals surface area (Å²) in [5.41, 5.74) is 0.187. The number of thiol groups is 1. The van der Waals surface area contributed by atoms with Gasteiger partial charge in [-0.2, -0.15) is 12.6 Å². The lowest BCUT2D eigenvalue weighted by Crippen LogP contribution is -2.34. The van der Waals surface area contributed by atoms with E-state index in [-0.39, 0.29) is 24.0 Å². The molecule has 1 aliphatic rings. The number of nitrogens with one attached hydrogen (secondary N) is 1. The van der Waals surface area contributed by atoms with Gasteiger partial charge >= 0.3 is 0 Å². The Kier molecular flexibility index (Phi) is 4.26. The molecule has 0 aliphatic heterocycles. The molecule has 1 fully saturated rings. The zero-order valence-corrected chi connectivity index (χ0v) is 9.52. The second kappa shape index (κ2) is 5.03. The highest BCUT2D eigenvalue weighted by Crippen LogP contribution is 2.49. The Morgan fingerprint density at radius 2 is 2.29 bits per heavy atom. The molecule has 82 valence electrons. The first-order valence-electron chi connectivity index (χ1n) is 5.13. The molecule has 0 bridgehead atoms. The van der Waals surface area contributed by atoms with Crippen LogP contribution in [0.3, 0.4) is 0 Å². The third-order valence-electron chi connectivity index (χ3n) is 2.80. The topological polar surface area (TPSA) is 49.3 Å². The molecule has 1 rings (SSSR count). The number of hydrogen-bond donors (Lipinski definition) is 3. The smallest absolute Gasteiger partial charge is 0.220 e. The van der Waals surface area contributed by atoms with Crippen molar-refractivity contribution >= 4 is 18.5 Å². The molecule has 0 saturated heterocycles. The number of rotatable bonds is 6. The Hall–Kier alpha value is -0.220. The lowest BCUT2D eigenvalue weighted by atomic mass is 10.0. The van der Waals surface area contributed by atoms with E-state index in [1.807, 2.05) is 6.92 Å². The first-order valence-corrected chi connectivity index (χ1v) is 5.76. The van der Waals surface area contributed by atoms with E-state index in [9.17, 15) is 4.79 Å². The SMILES string of the molecule is CC(CCO)NC(=O)CC1(CS)CC1. The van der Waals surface area contributed by atoms with Crippen LogP contribution in [0.2, 0.25) is 0 Å².